The summed E-state index contributed by atoms with van der Waals surface area (Å²) < 4.78 is 5.27. The Morgan fingerprint density at radius 3 is 3.11 bits per heavy atom. The molecule has 0 bridgehead atoms. The van der Waals surface area contributed by atoms with E-state index in [1.54, 1.807) is 7.11 Å². The first kappa shape index (κ1) is 18.5. The number of nitrogens with zero attached hydrogens (tertiary/aromatic N) is 3. The summed E-state index contributed by atoms with van der Waals surface area (Å²) in [5.74, 6) is 0. The molecule has 0 saturated carbocycles. The fraction of sp³-hybridized carbons (Fsp3) is 0.476. The topological polar surface area (TPSA) is 40.6 Å². The molecule has 6 heteroatoms. The second-order valence-electron chi connectivity index (χ2n) is 7.39. The number of aryl methyl sites for hydroxylation is 1. The second-order valence-corrected chi connectivity index (χ2v) is 8.65. The minimum Gasteiger partial charge on any atom is -0.385 e. The molecule has 1 saturated heterocycles. The molecule has 1 unspecified atom stereocenters. The molecule has 2 aliphatic heterocycles. The van der Waals surface area contributed by atoms with Crippen molar-refractivity contribution in [3.8, 4) is 0 Å². The van der Waals surface area contributed by atoms with E-state index in [1.807, 2.05) is 23.6 Å². The number of hydrogen-bond donors (Lipinski definition) is 1. The number of hydrogen-bond acceptors (Lipinski definition) is 6. The molecule has 2 aliphatic rings. The van der Waals surface area contributed by atoms with Crippen molar-refractivity contribution >= 4 is 28.2 Å². The van der Waals surface area contributed by atoms with Crippen LogP contribution in [0.15, 0.2) is 24.4 Å². The van der Waals surface area contributed by atoms with Crippen LogP contribution in [0.1, 0.15) is 23.3 Å². The van der Waals surface area contributed by atoms with Gasteiger partial charge in [-0.1, -0.05) is 0 Å². The minimum atomic E-state index is 0.539. The average Bonchev–Trinajstić information content (AvgIpc) is 2.96. The van der Waals surface area contributed by atoms with Crippen molar-refractivity contribution in [2.24, 2.45) is 0 Å². The van der Waals surface area contributed by atoms with Gasteiger partial charge in [-0.25, -0.2) is 0 Å². The van der Waals surface area contributed by atoms with Crippen LogP contribution in [-0.4, -0.2) is 61.2 Å². The van der Waals surface area contributed by atoms with Gasteiger partial charge in [0.25, 0.3) is 0 Å². The van der Waals surface area contributed by atoms with Gasteiger partial charge in [-0.3, -0.25) is 9.88 Å². The Morgan fingerprint density at radius 2 is 2.26 bits per heavy atom. The number of methoxy groups -OCH3 is 1. The van der Waals surface area contributed by atoms with Crippen molar-refractivity contribution < 1.29 is 4.74 Å². The Bertz CT molecular complexity index is 923. The molecule has 5 nitrogen and oxygen atoms in total. The van der Waals surface area contributed by atoms with Crippen LogP contribution in [0.3, 0.4) is 0 Å². The number of anilines is 1. The second kappa shape index (κ2) is 8.00. The smallest absolute Gasteiger partial charge is 0.102 e. The monoisotopic (exact) mass is 384 g/mol. The Labute approximate surface area is 165 Å². The predicted octanol–water partition coefficient (Wildman–Crippen LogP) is 1.81. The van der Waals surface area contributed by atoms with E-state index in [0.29, 0.717) is 6.04 Å². The third-order valence-corrected chi connectivity index (χ3v) is 6.49. The average molecular weight is 385 g/mol. The fourth-order valence-electron chi connectivity index (χ4n) is 4.04. The molecule has 0 amide bonds. The van der Waals surface area contributed by atoms with Gasteiger partial charge in [0.15, 0.2) is 0 Å². The summed E-state index contributed by atoms with van der Waals surface area (Å²) in [7, 11) is 4.03. The Kier molecular flexibility index (Phi) is 5.48. The maximum Gasteiger partial charge on any atom is 0.102 e. The van der Waals surface area contributed by atoms with Crippen LogP contribution < -0.4 is 15.9 Å². The van der Waals surface area contributed by atoms with Crippen LogP contribution in [-0.2, 0) is 4.74 Å². The van der Waals surface area contributed by atoms with E-state index in [2.05, 4.69) is 47.4 Å². The van der Waals surface area contributed by atoms with Crippen LogP contribution in [0.2, 0.25) is 0 Å². The fourth-order valence-corrected chi connectivity index (χ4v) is 4.93. The van der Waals surface area contributed by atoms with Gasteiger partial charge in [0.05, 0.1) is 11.0 Å². The molecule has 0 aromatic carbocycles. The summed E-state index contributed by atoms with van der Waals surface area (Å²) in [5.41, 5.74) is 2.56. The summed E-state index contributed by atoms with van der Waals surface area (Å²) in [6, 6.07) is 7.00. The number of fused-ring (bicyclic) bond motifs is 2. The van der Waals surface area contributed by atoms with E-state index < -0.39 is 0 Å². The molecular weight excluding hydrogens is 356 g/mol. The highest BCUT2D eigenvalue weighted by molar-refractivity contribution is 7.16. The Hall–Kier alpha value is -1.89. The van der Waals surface area contributed by atoms with Crippen molar-refractivity contribution in [1.29, 1.82) is 0 Å². The van der Waals surface area contributed by atoms with E-state index in [9.17, 15) is 0 Å². The van der Waals surface area contributed by atoms with Crippen LogP contribution in [0.5, 0.6) is 0 Å². The van der Waals surface area contributed by atoms with E-state index in [0.717, 1.165) is 49.7 Å². The molecule has 144 valence electrons. The zero-order valence-electron chi connectivity index (χ0n) is 16.4. The number of pyridine rings is 1. The highest BCUT2D eigenvalue weighted by Gasteiger charge is 2.28. The van der Waals surface area contributed by atoms with Gasteiger partial charge in [0.1, 0.15) is 5.00 Å². The van der Waals surface area contributed by atoms with Gasteiger partial charge in [-0.15, -0.1) is 11.3 Å². The lowest BCUT2D eigenvalue weighted by Gasteiger charge is -2.41. The number of piperazine rings is 1. The zero-order valence-corrected chi connectivity index (χ0v) is 17.2. The van der Waals surface area contributed by atoms with Crippen molar-refractivity contribution in [2.45, 2.75) is 25.8 Å². The number of ether oxygens (including phenoxy) is 1. The van der Waals surface area contributed by atoms with Gasteiger partial charge in [0.2, 0.25) is 0 Å². The van der Waals surface area contributed by atoms with Gasteiger partial charge in [-0.05, 0) is 45.0 Å². The van der Waals surface area contributed by atoms with Crippen molar-refractivity contribution in [1.82, 2.24) is 14.8 Å². The highest BCUT2D eigenvalue weighted by Crippen LogP contribution is 2.34. The van der Waals surface area contributed by atoms with Gasteiger partial charge < -0.3 is 15.0 Å². The number of nitrogens with one attached hydrogen (secondary N) is 1. The summed E-state index contributed by atoms with van der Waals surface area (Å²) >= 11 is 1.82. The first-order valence-electron chi connectivity index (χ1n) is 9.64. The maximum atomic E-state index is 5.27. The highest BCUT2D eigenvalue weighted by atomic mass is 32.1. The molecule has 27 heavy (non-hydrogen) atoms. The molecule has 1 N–H and O–H groups in total. The van der Waals surface area contributed by atoms with Crippen LogP contribution >= 0.6 is 11.3 Å². The summed E-state index contributed by atoms with van der Waals surface area (Å²) in [5, 5.41) is 6.97. The first-order valence-corrected chi connectivity index (χ1v) is 10.5. The SMILES string of the molecule is COCCCC1CN(C2=c3ncccc3=CNc3sc(C)cc32)CCN1C. The lowest BCUT2D eigenvalue weighted by atomic mass is 10.0. The lowest BCUT2D eigenvalue weighted by Crippen LogP contribution is -2.52. The third-order valence-electron chi connectivity index (χ3n) is 5.51. The number of aromatic nitrogens is 1. The zero-order chi connectivity index (χ0) is 18.8. The molecule has 2 aromatic heterocycles. The molecule has 0 aliphatic carbocycles. The van der Waals surface area contributed by atoms with Crippen LogP contribution in [0.4, 0.5) is 5.00 Å². The van der Waals surface area contributed by atoms with Crippen molar-refractivity contribution in [3.63, 3.8) is 0 Å². The van der Waals surface area contributed by atoms with E-state index in [-0.39, 0.29) is 0 Å². The minimum absolute atomic E-state index is 0.539. The number of thiophene rings is 1. The summed E-state index contributed by atoms with van der Waals surface area (Å²) in [4.78, 5) is 11.2. The number of likely N-dealkylation sites (N-methyl/N-ethyl adjacent to an activating group) is 1. The normalized spacial score (nSPS) is 19.7. The first-order chi connectivity index (χ1) is 13.2. The van der Waals surface area contributed by atoms with Gasteiger partial charge in [-0.2, -0.15) is 0 Å². The van der Waals surface area contributed by atoms with Gasteiger partial charge in [0, 0.05) is 67.4 Å². The maximum absolute atomic E-state index is 5.27. The summed E-state index contributed by atoms with van der Waals surface area (Å²) in [6.45, 7) is 6.13. The molecule has 4 heterocycles. The predicted molar refractivity (Wildman–Crippen MR) is 112 cm³/mol. The van der Waals surface area contributed by atoms with Crippen LogP contribution in [0, 0.1) is 6.92 Å². The number of rotatable bonds is 5. The van der Waals surface area contributed by atoms with E-state index in [4.69, 9.17) is 9.72 Å². The van der Waals surface area contributed by atoms with E-state index >= 15 is 0 Å². The quantitative estimate of drug-likeness (QED) is 0.797. The summed E-state index contributed by atoms with van der Waals surface area (Å²) in [6.07, 6.45) is 6.25. The largest absolute Gasteiger partial charge is 0.385 e. The van der Waals surface area contributed by atoms with Gasteiger partial charge >= 0.3 is 0 Å². The van der Waals surface area contributed by atoms with Crippen molar-refractivity contribution in [2.75, 3.05) is 45.7 Å². The van der Waals surface area contributed by atoms with Crippen molar-refractivity contribution in [3.05, 3.63) is 45.4 Å². The molecular formula is C21H28N4OS. The third kappa shape index (κ3) is 3.74. The molecule has 0 radical (unpaired) electrons. The van der Waals surface area contributed by atoms with E-state index in [1.165, 1.54) is 21.1 Å². The molecule has 2 aromatic rings. The molecule has 4 rings (SSSR count). The Morgan fingerprint density at radius 1 is 1.37 bits per heavy atom. The molecule has 1 atom stereocenters. The Balaban J connectivity index is 1.75. The standard InChI is InChI=1S/C21H28N4OS/c1-15-12-18-20(19-16(6-4-8-22-19)13-23-21(18)27-15)25-10-9-24(2)17(14-25)7-5-11-26-3/h4,6,8,12-13,17,23H,5,7,9-11,14H2,1-3H3. The van der Waals surface area contributed by atoms with Crippen LogP contribution in [0.25, 0.3) is 11.9 Å². The molecule has 1 fully saturated rings. The molecule has 0 spiro atoms. The lowest BCUT2D eigenvalue weighted by molar-refractivity contribution is 0.114.